The molecule has 0 atom stereocenters. The van der Waals surface area contributed by atoms with Crippen molar-refractivity contribution >= 4 is 52.2 Å². The summed E-state index contributed by atoms with van der Waals surface area (Å²) in [5, 5.41) is 9.02. The fraction of sp³-hybridized carbons (Fsp3) is 0.125. The Kier molecular flexibility index (Phi) is 6.77. The number of nitrogens with zero attached hydrogens (tertiary/aromatic N) is 2. The lowest BCUT2D eigenvalue weighted by Gasteiger charge is -2.11. The second-order valence-electron chi connectivity index (χ2n) is 7.30. The van der Waals surface area contributed by atoms with Crippen LogP contribution in [0.4, 0.5) is 18.9 Å². The number of benzene rings is 2. The summed E-state index contributed by atoms with van der Waals surface area (Å²) in [5.74, 6) is -0.889. The third kappa shape index (κ3) is 5.28. The van der Waals surface area contributed by atoms with E-state index in [0.717, 1.165) is 23.9 Å². The monoisotopic (exact) mass is 520 g/mol. The van der Waals surface area contributed by atoms with Gasteiger partial charge in [-0.25, -0.2) is 9.79 Å². The molecule has 1 aliphatic rings. The molecule has 0 spiro atoms. The van der Waals surface area contributed by atoms with E-state index < -0.39 is 22.7 Å². The maximum absolute atomic E-state index is 13.2. The molecule has 1 N–H and O–H groups in total. The molecule has 1 saturated heterocycles. The maximum atomic E-state index is 13.2. The lowest BCUT2D eigenvalue weighted by molar-refractivity contribution is -0.137. The lowest BCUT2D eigenvalue weighted by atomic mass is 10.1. The molecule has 180 valence electrons. The largest absolute Gasteiger partial charge is 0.478 e. The first-order chi connectivity index (χ1) is 16.6. The minimum Gasteiger partial charge on any atom is -0.478 e. The number of rotatable bonds is 5. The summed E-state index contributed by atoms with van der Waals surface area (Å²) < 4.78 is 45.2. The first-order valence-corrected chi connectivity index (χ1v) is 11.4. The summed E-state index contributed by atoms with van der Waals surface area (Å²) >= 11 is 6.79. The van der Waals surface area contributed by atoms with Crippen molar-refractivity contribution in [2.45, 2.75) is 13.1 Å². The number of hydrogen-bond donors (Lipinski definition) is 1. The predicted molar refractivity (Wildman–Crippen MR) is 128 cm³/mol. The highest BCUT2D eigenvalue weighted by molar-refractivity contribution is 8.18. The van der Waals surface area contributed by atoms with Gasteiger partial charge in [-0.2, -0.15) is 13.2 Å². The van der Waals surface area contributed by atoms with E-state index in [9.17, 15) is 22.8 Å². The zero-order valence-corrected chi connectivity index (χ0v) is 19.5. The average molecular weight is 521 g/mol. The first kappa shape index (κ1) is 24.6. The minimum absolute atomic E-state index is 0.119. The highest BCUT2D eigenvalue weighted by atomic mass is 35.5. The Morgan fingerprint density at radius 3 is 2.51 bits per heavy atom. The third-order valence-electron chi connectivity index (χ3n) is 5.00. The minimum atomic E-state index is -4.61. The van der Waals surface area contributed by atoms with Crippen LogP contribution in [0.3, 0.4) is 0 Å². The van der Waals surface area contributed by atoms with E-state index in [1.54, 1.807) is 13.0 Å². The van der Waals surface area contributed by atoms with Gasteiger partial charge in [0, 0.05) is 18.2 Å². The summed E-state index contributed by atoms with van der Waals surface area (Å²) in [5.41, 5.74) is -0.175. The summed E-state index contributed by atoms with van der Waals surface area (Å²) in [6.45, 7) is 2.14. The average Bonchev–Trinajstić information content (AvgIpc) is 3.38. The summed E-state index contributed by atoms with van der Waals surface area (Å²) in [4.78, 5) is 30.1. The Morgan fingerprint density at radius 2 is 1.89 bits per heavy atom. The lowest BCUT2D eigenvalue weighted by Crippen LogP contribution is -2.28. The van der Waals surface area contributed by atoms with Crippen LogP contribution in [0.25, 0.3) is 17.4 Å². The Hall–Kier alpha value is -3.50. The maximum Gasteiger partial charge on any atom is 0.417 e. The van der Waals surface area contributed by atoms with Crippen LogP contribution in [0.1, 0.15) is 28.6 Å². The molecule has 0 saturated carbocycles. The molecule has 0 radical (unpaired) electrons. The van der Waals surface area contributed by atoms with Crippen LogP contribution in [0.15, 0.2) is 68.9 Å². The number of carbonyl (C=O) groups excluding carboxylic acids is 1. The van der Waals surface area contributed by atoms with Crippen LogP contribution < -0.4 is 0 Å². The number of alkyl halides is 3. The van der Waals surface area contributed by atoms with Gasteiger partial charge in [-0.3, -0.25) is 9.69 Å². The van der Waals surface area contributed by atoms with Crippen molar-refractivity contribution in [3.8, 4) is 11.3 Å². The molecule has 1 amide bonds. The van der Waals surface area contributed by atoms with E-state index in [-0.39, 0.29) is 28.6 Å². The van der Waals surface area contributed by atoms with Crippen molar-refractivity contribution in [2.24, 2.45) is 4.99 Å². The molecule has 2 aromatic carbocycles. The Morgan fingerprint density at radius 1 is 1.17 bits per heavy atom. The van der Waals surface area contributed by atoms with Crippen molar-refractivity contribution in [3.05, 3.63) is 81.4 Å². The number of halogens is 4. The number of hydrogen-bond acceptors (Lipinski definition) is 5. The standard InChI is InChI=1S/C24H16ClF3N2O4S/c1-2-30-21(31)20(35-23(30)29-15-6-3-13(4-7-15)22(32)33)12-16-8-10-19(34-16)14-5-9-18(25)17(11-14)24(26,27)28/h3-12H,2H2,1H3,(H,32,33)/b20-12-,29-23?. The quantitative estimate of drug-likeness (QED) is 0.368. The van der Waals surface area contributed by atoms with Crippen molar-refractivity contribution in [3.63, 3.8) is 0 Å². The molecule has 1 fully saturated rings. The Labute approximate surface area is 206 Å². The van der Waals surface area contributed by atoms with Crippen molar-refractivity contribution < 1.29 is 32.3 Å². The van der Waals surface area contributed by atoms with Gasteiger partial charge in [-0.15, -0.1) is 0 Å². The van der Waals surface area contributed by atoms with Crippen LogP contribution >= 0.6 is 23.4 Å². The summed E-state index contributed by atoms with van der Waals surface area (Å²) in [6.07, 6.45) is -3.11. The number of carboxylic acids is 1. The molecule has 0 bridgehead atoms. The number of carboxylic acid groups (broad SMARTS) is 1. The van der Waals surface area contributed by atoms with Gasteiger partial charge in [-0.1, -0.05) is 11.6 Å². The first-order valence-electron chi connectivity index (χ1n) is 10.2. The molecule has 6 nitrogen and oxygen atoms in total. The number of furan rings is 1. The fourth-order valence-corrected chi connectivity index (χ4v) is 4.54. The third-order valence-corrected chi connectivity index (χ3v) is 6.34. The van der Waals surface area contributed by atoms with Gasteiger partial charge in [0.15, 0.2) is 5.17 Å². The van der Waals surface area contributed by atoms with Gasteiger partial charge in [0.25, 0.3) is 5.91 Å². The van der Waals surface area contributed by atoms with Crippen LogP contribution in [0, 0.1) is 0 Å². The fourth-order valence-electron chi connectivity index (χ4n) is 3.27. The highest BCUT2D eigenvalue weighted by Crippen LogP contribution is 2.38. The molecule has 4 rings (SSSR count). The van der Waals surface area contributed by atoms with E-state index in [2.05, 4.69) is 4.99 Å². The molecule has 2 heterocycles. The number of amides is 1. The van der Waals surface area contributed by atoms with E-state index in [0.29, 0.717) is 22.3 Å². The molecule has 1 aromatic heterocycles. The smallest absolute Gasteiger partial charge is 0.417 e. The van der Waals surface area contributed by atoms with Gasteiger partial charge in [0.1, 0.15) is 11.5 Å². The second kappa shape index (κ2) is 9.63. The van der Waals surface area contributed by atoms with E-state index in [1.165, 1.54) is 47.4 Å². The zero-order chi connectivity index (χ0) is 25.3. The number of carbonyl (C=O) groups is 2. The van der Waals surface area contributed by atoms with Gasteiger partial charge in [-0.05, 0) is 73.3 Å². The Balaban J connectivity index is 1.60. The number of aromatic carboxylic acids is 1. The number of thioether (sulfide) groups is 1. The SMILES string of the molecule is CCN1C(=O)/C(=C/c2ccc(-c3ccc(Cl)c(C(F)(F)F)c3)o2)SC1=Nc1ccc(C(=O)O)cc1. The van der Waals surface area contributed by atoms with Crippen molar-refractivity contribution in [1.82, 2.24) is 4.90 Å². The van der Waals surface area contributed by atoms with Crippen LogP contribution in [0.2, 0.25) is 5.02 Å². The van der Waals surface area contributed by atoms with Crippen LogP contribution in [0.5, 0.6) is 0 Å². The molecule has 35 heavy (non-hydrogen) atoms. The second-order valence-corrected chi connectivity index (χ2v) is 8.72. The van der Waals surface area contributed by atoms with E-state index in [4.69, 9.17) is 21.1 Å². The number of likely N-dealkylation sites (N-methyl/N-ethyl adjacent to an activating group) is 1. The molecule has 0 unspecified atom stereocenters. The van der Waals surface area contributed by atoms with E-state index in [1.807, 2.05) is 0 Å². The molecular weight excluding hydrogens is 505 g/mol. The van der Waals surface area contributed by atoms with Crippen molar-refractivity contribution in [2.75, 3.05) is 6.54 Å². The molecule has 11 heteroatoms. The predicted octanol–water partition coefficient (Wildman–Crippen LogP) is 6.94. The van der Waals surface area contributed by atoms with Gasteiger partial charge in [0.05, 0.1) is 26.7 Å². The Bertz CT molecular complexity index is 1360. The summed E-state index contributed by atoms with van der Waals surface area (Å²) in [6, 6.07) is 12.5. The number of aliphatic imine (C=N–C) groups is 1. The van der Waals surface area contributed by atoms with Gasteiger partial charge >= 0.3 is 12.1 Å². The van der Waals surface area contributed by atoms with E-state index >= 15 is 0 Å². The molecule has 3 aromatic rings. The van der Waals surface area contributed by atoms with Crippen LogP contribution in [-0.4, -0.2) is 33.6 Å². The zero-order valence-electron chi connectivity index (χ0n) is 18.0. The van der Waals surface area contributed by atoms with Gasteiger partial charge < -0.3 is 9.52 Å². The normalized spacial score (nSPS) is 16.5. The number of amidine groups is 1. The molecule has 0 aliphatic carbocycles. The molecular formula is C24H16ClF3N2O4S. The summed E-state index contributed by atoms with van der Waals surface area (Å²) in [7, 11) is 0. The van der Waals surface area contributed by atoms with Gasteiger partial charge in [0.2, 0.25) is 0 Å². The highest BCUT2D eigenvalue weighted by Gasteiger charge is 2.34. The van der Waals surface area contributed by atoms with Crippen molar-refractivity contribution in [1.29, 1.82) is 0 Å². The molecule has 1 aliphatic heterocycles. The topological polar surface area (TPSA) is 83.1 Å². The van der Waals surface area contributed by atoms with Crippen LogP contribution in [-0.2, 0) is 11.0 Å².